The van der Waals surface area contributed by atoms with Crippen LogP contribution in [0.1, 0.15) is 18.4 Å². The molecule has 1 fully saturated rings. The quantitative estimate of drug-likeness (QED) is 0.686. The van der Waals surface area contributed by atoms with Gasteiger partial charge in [-0.15, -0.1) is 0 Å². The lowest BCUT2D eigenvalue weighted by Crippen LogP contribution is -2.47. The first-order valence-electron chi connectivity index (χ1n) is 6.52. The normalized spacial score (nSPS) is 17.0. The van der Waals surface area contributed by atoms with Crippen LogP contribution >= 0.6 is 0 Å². The summed E-state index contributed by atoms with van der Waals surface area (Å²) < 4.78 is 0. The molecular weight excluding hydrogens is 260 g/mol. The Labute approximate surface area is 116 Å². The summed E-state index contributed by atoms with van der Waals surface area (Å²) in [6, 6.07) is 7.49. The van der Waals surface area contributed by atoms with Crippen LogP contribution in [0.2, 0.25) is 0 Å². The second-order valence-corrected chi connectivity index (χ2v) is 5.00. The number of nitrogens with zero attached hydrogens (tertiary/aromatic N) is 1. The van der Waals surface area contributed by atoms with Crippen LogP contribution in [0.4, 0.5) is 4.79 Å². The standard InChI is InChI=1S/C14H18N2O4/c15-13(18)16-8-6-10(7-9-16)12(17)14(19,20)11-4-2-1-3-5-11/h1-5,10,19-20H,6-9H2,(H2,15,18). The summed E-state index contributed by atoms with van der Waals surface area (Å²) in [4.78, 5) is 24.7. The number of amides is 2. The van der Waals surface area contributed by atoms with Gasteiger partial charge in [0.25, 0.3) is 5.79 Å². The molecule has 0 spiro atoms. The van der Waals surface area contributed by atoms with E-state index >= 15 is 0 Å². The van der Waals surface area contributed by atoms with Crippen LogP contribution in [0.25, 0.3) is 0 Å². The molecule has 6 nitrogen and oxygen atoms in total. The van der Waals surface area contributed by atoms with Gasteiger partial charge in [-0.2, -0.15) is 0 Å². The van der Waals surface area contributed by atoms with Gasteiger partial charge in [0.2, 0.25) is 0 Å². The Bertz CT molecular complexity index is 493. The van der Waals surface area contributed by atoms with Crippen LogP contribution in [0.5, 0.6) is 0 Å². The number of hydrogen-bond donors (Lipinski definition) is 3. The summed E-state index contributed by atoms with van der Waals surface area (Å²) in [7, 11) is 0. The van der Waals surface area contributed by atoms with Gasteiger partial charge >= 0.3 is 6.03 Å². The minimum atomic E-state index is -2.49. The number of urea groups is 1. The van der Waals surface area contributed by atoms with Crippen molar-refractivity contribution in [2.24, 2.45) is 11.7 Å². The van der Waals surface area contributed by atoms with Crippen molar-refractivity contribution in [3.05, 3.63) is 35.9 Å². The van der Waals surface area contributed by atoms with E-state index in [0.29, 0.717) is 25.9 Å². The molecule has 0 unspecified atom stereocenters. The summed E-state index contributed by atoms with van der Waals surface area (Å²) in [5, 5.41) is 20.2. The molecule has 0 aliphatic carbocycles. The number of carbonyl (C=O) groups is 2. The van der Waals surface area contributed by atoms with E-state index in [9.17, 15) is 19.8 Å². The van der Waals surface area contributed by atoms with E-state index in [0.717, 1.165) is 0 Å². The van der Waals surface area contributed by atoms with Gasteiger partial charge in [0.05, 0.1) is 0 Å². The number of likely N-dealkylation sites (tertiary alicyclic amines) is 1. The Balaban J connectivity index is 2.07. The molecule has 0 atom stereocenters. The van der Waals surface area contributed by atoms with Gasteiger partial charge in [0.1, 0.15) is 0 Å². The molecule has 1 aromatic carbocycles. The highest BCUT2D eigenvalue weighted by atomic mass is 16.5. The predicted octanol–water partition coefficient (Wildman–Crippen LogP) is 0.184. The Kier molecular flexibility index (Phi) is 4.06. The van der Waals surface area contributed by atoms with Crippen molar-refractivity contribution in [1.82, 2.24) is 4.90 Å². The second-order valence-electron chi connectivity index (χ2n) is 5.00. The van der Waals surface area contributed by atoms with Gasteiger partial charge in [-0.05, 0) is 12.8 Å². The first-order chi connectivity index (χ1) is 9.43. The molecule has 108 valence electrons. The van der Waals surface area contributed by atoms with E-state index in [1.165, 1.54) is 17.0 Å². The summed E-state index contributed by atoms with van der Waals surface area (Å²) in [5.41, 5.74) is 5.32. The zero-order chi connectivity index (χ0) is 14.8. The molecule has 0 radical (unpaired) electrons. The van der Waals surface area contributed by atoms with Gasteiger partial charge in [0, 0.05) is 24.6 Å². The van der Waals surface area contributed by atoms with Gasteiger partial charge in [-0.25, -0.2) is 4.79 Å². The highest BCUT2D eigenvalue weighted by Crippen LogP contribution is 2.28. The Morgan fingerprint density at radius 2 is 1.70 bits per heavy atom. The summed E-state index contributed by atoms with van der Waals surface area (Å²) in [6.07, 6.45) is 0.773. The van der Waals surface area contributed by atoms with Crippen molar-refractivity contribution in [1.29, 1.82) is 0 Å². The molecule has 0 bridgehead atoms. The summed E-state index contributed by atoms with van der Waals surface area (Å²) >= 11 is 0. The third-order valence-corrected chi connectivity index (χ3v) is 3.70. The lowest BCUT2D eigenvalue weighted by molar-refractivity contribution is -0.192. The van der Waals surface area contributed by atoms with Gasteiger partial charge in [0.15, 0.2) is 5.78 Å². The highest BCUT2D eigenvalue weighted by Gasteiger charge is 2.41. The first kappa shape index (κ1) is 14.5. The van der Waals surface area contributed by atoms with E-state index in [-0.39, 0.29) is 5.56 Å². The van der Waals surface area contributed by atoms with Crippen molar-refractivity contribution < 1.29 is 19.8 Å². The Morgan fingerprint density at radius 3 is 2.20 bits per heavy atom. The number of benzene rings is 1. The molecule has 1 saturated heterocycles. The predicted molar refractivity (Wildman–Crippen MR) is 71.4 cm³/mol. The van der Waals surface area contributed by atoms with Crippen molar-refractivity contribution in [2.75, 3.05) is 13.1 Å². The van der Waals surface area contributed by atoms with Crippen LogP contribution in [-0.2, 0) is 10.6 Å². The topological polar surface area (TPSA) is 104 Å². The molecule has 1 aliphatic heterocycles. The average Bonchev–Trinajstić information content (AvgIpc) is 2.47. The molecule has 1 heterocycles. The van der Waals surface area contributed by atoms with Crippen LogP contribution in [-0.4, -0.2) is 40.0 Å². The number of carbonyl (C=O) groups excluding carboxylic acids is 2. The largest absolute Gasteiger partial charge is 0.356 e. The number of aliphatic hydroxyl groups is 2. The van der Waals surface area contributed by atoms with Gasteiger partial charge < -0.3 is 20.8 Å². The van der Waals surface area contributed by atoms with Gasteiger partial charge in [-0.3, -0.25) is 4.79 Å². The number of nitrogens with two attached hydrogens (primary N) is 1. The van der Waals surface area contributed by atoms with Crippen LogP contribution in [0.3, 0.4) is 0 Å². The van der Waals surface area contributed by atoms with Crippen LogP contribution in [0.15, 0.2) is 30.3 Å². The lowest BCUT2D eigenvalue weighted by Gasteiger charge is -2.33. The fraction of sp³-hybridized carbons (Fsp3) is 0.429. The maximum absolute atomic E-state index is 12.3. The van der Waals surface area contributed by atoms with Crippen molar-refractivity contribution in [3.8, 4) is 0 Å². The molecule has 20 heavy (non-hydrogen) atoms. The highest BCUT2D eigenvalue weighted by molar-refractivity contribution is 5.89. The average molecular weight is 278 g/mol. The van der Waals surface area contributed by atoms with E-state index in [2.05, 4.69) is 0 Å². The molecule has 2 amide bonds. The summed E-state index contributed by atoms with van der Waals surface area (Å²) in [6.45, 7) is 0.715. The number of ketones is 1. The molecule has 6 heteroatoms. The number of hydrogen-bond acceptors (Lipinski definition) is 4. The fourth-order valence-corrected chi connectivity index (χ4v) is 2.46. The van der Waals surface area contributed by atoms with Crippen LogP contribution in [0, 0.1) is 5.92 Å². The van der Waals surface area contributed by atoms with E-state index < -0.39 is 23.5 Å². The molecule has 4 N–H and O–H groups in total. The minimum Gasteiger partial charge on any atom is -0.356 e. The third-order valence-electron chi connectivity index (χ3n) is 3.70. The minimum absolute atomic E-state index is 0.155. The second kappa shape index (κ2) is 5.60. The first-order valence-corrected chi connectivity index (χ1v) is 6.52. The lowest BCUT2D eigenvalue weighted by atomic mass is 9.86. The molecule has 2 rings (SSSR count). The van der Waals surface area contributed by atoms with E-state index in [4.69, 9.17) is 5.73 Å². The third kappa shape index (κ3) is 2.81. The van der Waals surface area contributed by atoms with Gasteiger partial charge in [-0.1, -0.05) is 30.3 Å². The maximum Gasteiger partial charge on any atom is 0.314 e. The monoisotopic (exact) mass is 278 g/mol. The van der Waals surface area contributed by atoms with Crippen molar-refractivity contribution in [3.63, 3.8) is 0 Å². The Hall–Kier alpha value is -1.92. The molecule has 1 aliphatic rings. The smallest absolute Gasteiger partial charge is 0.314 e. The number of rotatable bonds is 3. The molecule has 1 aromatic rings. The number of piperidine rings is 1. The van der Waals surface area contributed by atoms with Crippen molar-refractivity contribution in [2.45, 2.75) is 18.6 Å². The molecular formula is C14H18N2O4. The van der Waals surface area contributed by atoms with E-state index in [1.54, 1.807) is 18.2 Å². The summed E-state index contributed by atoms with van der Waals surface area (Å²) in [5.74, 6) is -3.60. The molecule has 0 aromatic heterocycles. The SMILES string of the molecule is NC(=O)N1CCC(C(=O)C(O)(O)c2ccccc2)CC1. The number of Topliss-reactive ketones (excluding diaryl/α,β-unsaturated/α-hetero) is 1. The Morgan fingerprint density at radius 1 is 1.15 bits per heavy atom. The van der Waals surface area contributed by atoms with Crippen molar-refractivity contribution >= 4 is 11.8 Å². The van der Waals surface area contributed by atoms with Crippen LogP contribution < -0.4 is 5.73 Å². The number of primary amides is 1. The fourth-order valence-electron chi connectivity index (χ4n) is 2.46. The van der Waals surface area contributed by atoms with E-state index in [1.807, 2.05) is 0 Å². The molecule has 0 saturated carbocycles. The zero-order valence-corrected chi connectivity index (χ0v) is 11.0. The zero-order valence-electron chi connectivity index (χ0n) is 11.0. The maximum atomic E-state index is 12.3.